The van der Waals surface area contributed by atoms with Crippen LogP contribution in [0, 0.1) is 0 Å². The van der Waals surface area contributed by atoms with Gasteiger partial charge in [0.2, 0.25) is 0 Å². The van der Waals surface area contributed by atoms with Crippen LogP contribution in [0.1, 0.15) is 12.5 Å². The number of ether oxygens (including phenoxy) is 1. The molecule has 5 heteroatoms. The number of rotatable bonds is 4. The smallest absolute Gasteiger partial charge is 0.200 e. The summed E-state index contributed by atoms with van der Waals surface area (Å²) in [7, 11) is 0. The Morgan fingerprint density at radius 3 is 2.14 bits per heavy atom. The van der Waals surface area contributed by atoms with Crippen molar-refractivity contribution in [2.45, 2.75) is 13.3 Å². The van der Waals surface area contributed by atoms with E-state index in [-0.39, 0.29) is 0 Å². The molecule has 3 aromatic rings. The van der Waals surface area contributed by atoms with Gasteiger partial charge in [-0.1, -0.05) is 19.1 Å². The normalized spacial score (nSPS) is 10.5. The van der Waals surface area contributed by atoms with Crippen molar-refractivity contribution in [1.29, 1.82) is 0 Å². The molecule has 106 valence electrons. The molecule has 1 heterocycles. The van der Waals surface area contributed by atoms with Gasteiger partial charge in [0.05, 0.1) is 0 Å². The molecule has 2 aromatic carbocycles. The monoisotopic (exact) mass is 297 g/mol. The molecule has 0 atom stereocenters. The first-order chi connectivity index (χ1) is 10.2. The molecule has 0 aliphatic carbocycles. The molecule has 0 saturated carbocycles. The van der Waals surface area contributed by atoms with Gasteiger partial charge >= 0.3 is 0 Å². The van der Waals surface area contributed by atoms with Crippen LogP contribution >= 0.6 is 11.5 Å². The summed E-state index contributed by atoms with van der Waals surface area (Å²) in [6, 6.07) is 15.8. The van der Waals surface area contributed by atoms with E-state index in [2.05, 4.69) is 28.4 Å². The van der Waals surface area contributed by atoms with Crippen LogP contribution in [-0.2, 0) is 6.42 Å². The molecular formula is C16H15N3OS. The summed E-state index contributed by atoms with van der Waals surface area (Å²) < 4.78 is 9.99. The van der Waals surface area contributed by atoms with E-state index < -0.39 is 0 Å². The van der Waals surface area contributed by atoms with Crippen molar-refractivity contribution >= 4 is 16.7 Å². The summed E-state index contributed by atoms with van der Waals surface area (Å²) in [5.74, 6) is 2.26. The molecule has 1 aromatic heterocycles. The summed E-state index contributed by atoms with van der Waals surface area (Å²) in [6.07, 6.45) is 1.03. The number of hydrogen-bond donors (Lipinski definition) is 1. The summed E-state index contributed by atoms with van der Waals surface area (Å²) >= 11 is 1.19. The van der Waals surface area contributed by atoms with Crippen molar-refractivity contribution < 1.29 is 4.74 Å². The zero-order chi connectivity index (χ0) is 14.7. The highest BCUT2D eigenvalue weighted by atomic mass is 32.1. The van der Waals surface area contributed by atoms with Crippen LogP contribution in [-0.4, -0.2) is 9.36 Å². The molecule has 0 spiro atoms. The van der Waals surface area contributed by atoms with Gasteiger partial charge in [0.1, 0.15) is 11.5 Å². The molecule has 0 aliphatic rings. The Morgan fingerprint density at radius 2 is 1.62 bits per heavy atom. The Kier molecular flexibility index (Phi) is 3.83. The lowest BCUT2D eigenvalue weighted by Crippen LogP contribution is -1.87. The van der Waals surface area contributed by atoms with Crippen molar-refractivity contribution in [3.05, 3.63) is 54.1 Å². The number of nitrogen functional groups attached to an aromatic ring is 1. The van der Waals surface area contributed by atoms with Gasteiger partial charge in [-0.2, -0.15) is 9.36 Å². The van der Waals surface area contributed by atoms with Gasteiger partial charge in [-0.25, -0.2) is 0 Å². The van der Waals surface area contributed by atoms with Crippen LogP contribution < -0.4 is 10.5 Å². The molecule has 0 aliphatic heterocycles. The molecule has 0 bridgehead atoms. The van der Waals surface area contributed by atoms with Crippen molar-refractivity contribution in [3.8, 4) is 22.9 Å². The van der Waals surface area contributed by atoms with Gasteiger partial charge in [-0.3, -0.25) is 0 Å². The molecule has 0 unspecified atom stereocenters. The van der Waals surface area contributed by atoms with Crippen LogP contribution in [0.25, 0.3) is 11.4 Å². The molecule has 21 heavy (non-hydrogen) atoms. The van der Waals surface area contributed by atoms with Crippen molar-refractivity contribution in [1.82, 2.24) is 9.36 Å². The Labute approximate surface area is 127 Å². The Morgan fingerprint density at radius 1 is 1.00 bits per heavy atom. The molecule has 0 saturated heterocycles. The molecule has 3 rings (SSSR count). The quantitative estimate of drug-likeness (QED) is 0.786. The fourth-order valence-corrected chi connectivity index (χ4v) is 2.41. The molecule has 0 amide bonds. The SMILES string of the molecule is CCc1ccc(Oc2ccc(-c3nsc(N)n3)cc2)cc1. The zero-order valence-corrected chi connectivity index (χ0v) is 12.4. The number of anilines is 1. The average molecular weight is 297 g/mol. The third-order valence-electron chi connectivity index (χ3n) is 3.12. The van der Waals surface area contributed by atoms with Crippen LogP contribution in [0.15, 0.2) is 48.5 Å². The van der Waals surface area contributed by atoms with Gasteiger partial charge in [-0.15, -0.1) is 0 Å². The van der Waals surface area contributed by atoms with Crippen LogP contribution in [0.2, 0.25) is 0 Å². The van der Waals surface area contributed by atoms with E-state index in [1.54, 1.807) is 0 Å². The first kappa shape index (κ1) is 13.6. The standard InChI is InChI=1S/C16H15N3OS/c1-2-11-3-7-13(8-4-11)20-14-9-5-12(6-10-14)15-18-16(17)21-19-15/h3-10H,2H2,1H3,(H2,17,18,19). The number of hydrogen-bond acceptors (Lipinski definition) is 5. The second-order valence-corrected chi connectivity index (χ2v) is 5.36. The van der Waals surface area contributed by atoms with E-state index in [1.807, 2.05) is 36.4 Å². The zero-order valence-electron chi connectivity index (χ0n) is 11.6. The Bertz CT molecular complexity index is 720. The molecule has 0 radical (unpaired) electrons. The summed E-state index contributed by atoms with van der Waals surface area (Å²) in [6.45, 7) is 2.13. The number of nitrogens with zero attached hydrogens (tertiary/aromatic N) is 2. The third-order valence-corrected chi connectivity index (χ3v) is 3.66. The lowest BCUT2D eigenvalue weighted by molar-refractivity contribution is 0.482. The molecule has 4 nitrogen and oxygen atoms in total. The van der Waals surface area contributed by atoms with Crippen molar-refractivity contribution in [3.63, 3.8) is 0 Å². The van der Waals surface area contributed by atoms with Crippen LogP contribution in [0.3, 0.4) is 0 Å². The predicted octanol–water partition coefficient (Wildman–Crippen LogP) is 4.14. The minimum Gasteiger partial charge on any atom is -0.457 e. The van der Waals surface area contributed by atoms with Crippen LogP contribution in [0.5, 0.6) is 11.5 Å². The first-order valence-electron chi connectivity index (χ1n) is 6.71. The molecule has 0 fully saturated rings. The lowest BCUT2D eigenvalue weighted by Gasteiger charge is -2.06. The maximum Gasteiger partial charge on any atom is 0.200 e. The topological polar surface area (TPSA) is 61.0 Å². The third kappa shape index (κ3) is 3.20. The Balaban J connectivity index is 1.74. The van der Waals surface area contributed by atoms with E-state index >= 15 is 0 Å². The van der Waals surface area contributed by atoms with Crippen molar-refractivity contribution in [2.24, 2.45) is 0 Å². The summed E-state index contributed by atoms with van der Waals surface area (Å²) in [5.41, 5.74) is 7.82. The van der Waals surface area contributed by atoms with E-state index in [0.717, 1.165) is 23.5 Å². The largest absolute Gasteiger partial charge is 0.457 e. The van der Waals surface area contributed by atoms with E-state index in [9.17, 15) is 0 Å². The number of aryl methyl sites for hydroxylation is 1. The van der Waals surface area contributed by atoms with E-state index in [1.165, 1.54) is 17.1 Å². The second kappa shape index (κ2) is 5.93. The number of benzene rings is 2. The van der Waals surface area contributed by atoms with Gasteiger partial charge < -0.3 is 10.5 Å². The van der Waals surface area contributed by atoms with Gasteiger partial charge in [0, 0.05) is 17.1 Å². The molecule has 2 N–H and O–H groups in total. The highest BCUT2D eigenvalue weighted by Gasteiger charge is 2.05. The van der Waals surface area contributed by atoms with Crippen molar-refractivity contribution in [2.75, 3.05) is 5.73 Å². The maximum absolute atomic E-state index is 5.81. The second-order valence-electron chi connectivity index (χ2n) is 4.58. The molecular weight excluding hydrogens is 282 g/mol. The van der Waals surface area contributed by atoms with E-state index in [4.69, 9.17) is 10.5 Å². The lowest BCUT2D eigenvalue weighted by atomic mass is 10.2. The van der Waals surface area contributed by atoms with Gasteiger partial charge in [-0.05, 0) is 48.4 Å². The highest BCUT2D eigenvalue weighted by Crippen LogP contribution is 2.25. The fraction of sp³-hybridized carbons (Fsp3) is 0.125. The summed E-state index contributed by atoms with van der Waals surface area (Å²) in [5, 5.41) is 0.473. The maximum atomic E-state index is 5.81. The Hall–Kier alpha value is -2.40. The average Bonchev–Trinajstić information content (AvgIpc) is 2.95. The van der Waals surface area contributed by atoms with Crippen LogP contribution in [0.4, 0.5) is 5.13 Å². The van der Waals surface area contributed by atoms with Gasteiger partial charge in [0.15, 0.2) is 11.0 Å². The highest BCUT2D eigenvalue weighted by molar-refractivity contribution is 7.09. The van der Waals surface area contributed by atoms with Gasteiger partial charge in [0.25, 0.3) is 0 Å². The van der Waals surface area contributed by atoms with E-state index in [0.29, 0.717) is 11.0 Å². The summed E-state index contributed by atoms with van der Waals surface area (Å²) in [4.78, 5) is 4.16. The fourth-order valence-electron chi connectivity index (χ4n) is 1.95. The predicted molar refractivity (Wildman–Crippen MR) is 85.7 cm³/mol. The minimum atomic E-state index is 0.473. The first-order valence-corrected chi connectivity index (χ1v) is 7.48. The number of nitrogens with two attached hydrogens (primary N) is 1. The number of aromatic nitrogens is 2. The minimum absolute atomic E-state index is 0.473.